The Kier molecular flexibility index (Phi) is 5.75. The van der Waals surface area contributed by atoms with Crippen LogP contribution in [0.2, 0.25) is 0 Å². The predicted molar refractivity (Wildman–Crippen MR) is 90.6 cm³/mol. The molecule has 1 amide bonds. The van der Waals surface area contributed by atoms with Crippen molar-refractivity contribution >= 4 is 5.91 Å². The number of nitrogens with zero attached hydrogens (tertiary/aromatic N) is 2. The van der Waals surface area contributed by atoms with Crippen LogP contribution < -0.4 is 5.32 Å². The van der Waals surface area contributed by atoms with E-state index in [1.165, 1.54) is 19.4 Å². The fraction of sp³-hybridized carbons (Fsp3) is 0.444. The molecule has 1 aromatic heterocycles. The number of carbonyl (C=O) groups excluding carboxylic acids is 1. The van der Waals surface area contributed by atoms with Gasteiger partial charge in [0.1, 0.15) is 5.82 Å². The maximum atomic E-state index is 13.4. The molecule has 2 N–H and O–H groups in total. The van der Waals surface area contributed by atoms with Crippen molar-refractivity contribution in [1.82, 2.24) is 14.9 Å². The summed E-state index contributed by atoms with van der Waals surface area (Å²) >= 11 is 0. The summed E-state index contributed by atoms with van der Waals surface area (Å²) < 4.78 is 41.3. The molecule has 2 aromatic rings. The Morgan fingerprint density at radius 1 is 1.27 bits per heavy atom. The lowest BCUT2D eigenvalue weighted by Gasteiger charge is -2.30. The van der Waals surface area contributed by atoms with E-state index in [0.29, 0.717) is 11.5 Å². The summed E-state index contributed by atoms with van der Waals surface area (Å²) in [6, 6.07) is 6.86. The highest BCUT2D eigenvalue weighted by atomic mass is 19.4. The zero-order chi connectivity index (χ0) is 19.5. The van der Waals surface area contributed by atoms with E-state index in [9.17, 15) is 23.1 Å². The van der Waals surface area contributed by atoms with Gasteiger partial charge in [0.15, 0.2) is 0 Å². The molecular weight excluding hydrogens is 347 g/mol. The first-order valence-electron chi connectivity index (χ1n) is 8.21. The number of aliphatic hydroxyl groups is 1. The van der Waals surface area contributed by atoms with E-state index in [4.69, 9.17) is 0 Å². The van der Waals surface area contributed by atoms with Crippen LogP contribution in [0.25, 0.3) is 0 Å². The molecule has 1 aromatic carbocycles. The molecule has 0 aliphatic carbocycles. The molecule has 26 heavy (non-hydrogen) atoms. The first-order valence-corrected chi connectivity index (χ1v) is 8.21. The van der Waals surface area contributed by atoms with Gasteiger partial charge in [-0.1, -0.05) is 26.0 Å². The molecular formula is C18H22F3N3O2. The highest BCUT2D eigenvalue weighted by Gasteiger charge is 2.57. The van der Waals surface area contributed by atoms with Gasteiger partial charge in [-0.05, 0) is 23.6 Å². The summed E-state index contributed by atoms with van der Waals surface area (Å²) in [7, 11) is 1.37. The number of nitrogens with one attached hydrogen (secondary N) is 1. The molecule has 0 bridgehead atoms. The molecule has 1 atom stereocenters. The molecule has 0 fully saturated rings. The molecule has 0 aliphatic rings. The number of hydrogen-bond donors (Lipinski definition) is 2. The highest BCUT2D eigenvalue weighted by Crippen LogP contribution is 2.40. The Bertz CT molecular complexity index is 754. The van der Waals surface area contributed by atoms with Crippen molar-refractivity contribution in [2.45, 2.75) is 38.0 Å². The van der Waals surface area contributed by atoms with Crippen LogP contribution in [-0.4, -0.2) is 33.3 Å². The van der Waals surface area contributed by atoms with Crippen LogP contribution in [0, 0.1) is 0 Å². The van der Waals surface area contributed by atoms with E-state index < -0.39 is 29.9 Å². The number of aryl methyl sites for hydroxylation is 1. The van der Waals surface area contributed by atoms with E-state index in [2.05, 4.69) is 10.3 Å². The lowest BCUT2D eigenvalue weighted by atomic mass is 9.97. The molecule has 0 saturated heterocycles. The minimum absolute atomic E-state index is 0.312. The van der Waals surface area contributed by atoms with Crippen LogP contribution in [0.4, 0.5) is 13.2 Å². The van der Waals surface area contributed by atoms with E-state index in [1.54, 1.807) is 24.3 Å². The van der Waals surface area contributed by atoms with Crippen molar-refractivity contribution in [1.29, 1.82) is 0 Å². The molecule has 0 spiro atoms. The Hall–Kier alpha value is -2.35. The third kappa shape index (κ3) is 4.07. The van der Waals surface area contributed by atoms with Crippen molar-refractivity contribution in [3.8, 4) is 0 Å². The lowest BCUT2D eigenvalue weighted by molar-refractivity contribution is -0.272. The van der Waals surface area contributed by atoms with Crippen LogP contribution in [0.3, 0.4) is 0 Å². The number of carbonyl (C=O) groups is 1. The standard InChI is InChI=1S/C18H22F3N3O2/c1-12(2)13-4-6-14(7-5-13)15(25)22-9-8-17(26,18(19,20)21)16-23-10-11-24(16)3/h4-7,10-12,26H,8-9H2,1-3H3,(H,22,25)/t17-/m1/s1. The minimum Gasteiger partial charge on any atom is -0.374 e. The maximum Gasteiger partial charge on any atom is 0.424 e. The van der Waals surface area contributed by atoms with E-state index in [1.807, 2.05) is 13.8 Å². The van der Waals surface area contributed by atoms with Crippen molar-refractivity contribution in [2.24, 2.45) is 7.05 Å². The number of hydrogen-bond acceptors (Lipinski definition) is 3. The van der Waals surface area contributed by atoms with Crippen molar-refractivity contribution in [3.05, 3.63) is 53.6 Å². The van der Waals surface area contributed by atoms with Gasteiger partial charge in [-0.3, -0.25) is 4.79 Å². The number of imidazole rings is 1. The molecule has 1 heterocycles. The molecule has 142 valence electrons. The summed E-state index contributed by atoms with van der Waals surface area (Å²) in [5, 5.41) is 12.6. The minimum atomic E-state index is -4.92. The van der Waals surface area contributed by atoms with Gasteiger partial charge in [0, 0.05) is 38.0 Å². The van der Waals surface area contributed by atoms with Crippen LogP contribution >= 0.6 is 0 Å². The van der Waals surface area contributed by atoms with Gasteiger partial charge < -0.3 is 15.0 Å². The van der Waals surface area contributed by atoms with Gasteiger partial charge in [-0.15, -0.1) is 0 Å². The van der Waals surface area contributed by atoms with Crippen LogP contribution in [-0.2, 0) is 12.6 Å². The molecule has 0 radical (unpaired) electrons. The largest absolute Gasteiger partial charge is 0.424 e. The highest BCUT2D eigenvalue weighted by molar-refractivity contribution is 5.94. The van der Waals surface area contributed by atoms with Crippen molar-refractivity contribution in [2.75, 3.05) is 6.54 Å². The van der Waals surface area contributed by atoms with Crippen LogP contribution in [0.1, 0.15) is 47.9 Å². The third-order valence-corrected chi connectivity index (χ3v) is 4.27. The molecule has 0 saturated carbocycles. The van der Waals surface area contributed by atoms with Crippen LogP contribution in [0.15, 0.2) is 36.7 Å². The number of benzene rings is 1. The summed E-state index contributed by atoms with van der Waals surface area (Å²) in [5.74, 6) is -0.697. The monoisotopic (exact) mass is 369 g/mol. The molecule has 2 rings (SSSR count). The third-order valence-electron chi connectivity index (χ3n) is 4.27. The molecule has 5 nitrogen and oxygen atoms in total. The van der Waals surface area contributed by atoms with Gasteiger partial charge >= 0.3 is 6.18 Å². The second-order valence-corrected chi connectivity index (χ2v) is 6.50. The summed E-state index contributed by atoms with van der Waals surface area (Å²) in [6.45, 7) is 3.68. The van der Waals surface area contributed by atoms with Gasteiger partial charge in [-0.2, -0.15) is 13.2 Å². The van der Waals surface area contributed by atoms with E-state index >= 15 is 0 Å². The van der Waals surface area contributed by atoms with Gasteiger partial charge in [0.25, 0.3) is 5.91 Å². The predicted octanol–water partition coefficient (Wildman–Crippen LogP) is 3.11. The molecule has 0 unspecified atom stereocenters. The Balaban J connectivity index is 2.06. The summed E-state index contributed by atoms with van der Waals surface area (Å²) in [4.78, 5) is 15.7. The number of halogens is 3. The first kappa shape index (κ1) is 20.0. The quantitative estimate of drug-likeness (QED) is 0.822. The van der Waals surface area contributed by atoms with Crippen molar-refractivity contribution < 1.29 is 23.1 Å². The summed E-state index contributed by atoms with van der Waals surface area (Å²) in [5.41, 5.74) is -1.73. The Morgan fingerprint density at radius 3 is 2.35 bits per heavy atom. The zero-order valence-electron chi connectivity index (χ0n) is 14.8. The summed E-state index contributed by atoms with van der Waals surface area (Å²) in [6.07, 6.45) is -3.16. The molecule has 0 aliphatic heterocycles. The average molecular weight is 369 g/mol. The first-order chi connectivity index (χ1) is 12.1. The van der Waals surface area contributed by atoms with Crippen molar-refractivity contribution in [3.63, 3.8) is 0 Å². The Morgan fingerprint density at radius 2 is 1.88 bits per heavy atom. The smallest absolute Gasteiger partial charge is 0.374 e. The second-order valence-electron chi connectivity index (χ2n) is 6.50. The van der Waals surface area contributed by atoms with Gasteiger partial charge in [-0.25, -0.2) is 4.98 Å². The normalized spacial score (nSPS) is 14.3. The fourth-order valence-electron chi connectivity index (χ4n) is 2.62. The number of aromatic nitrogens is 2. The second kappa shape index (κ2) is 7.49. The number of rotatable bonds is 6. The topological polar surface area (TPSA) is 67.2 Å². The SMILES string of the molecule is CC(C)c1ccc(C(=O)NCC[C@@](O)(c2nccn2C)C(F)(F)F)cc1. The fourth-order valence-corrected chi connectivity index (χ4v) is 2.62. The van der Waals surface area contributed by atoms with E-state index in [-0.39, 0.29) is 6.54 Å². The Labute approximate surface area is 149 Å². The number of amides is 1. The van der Waals surface area contributed by atoms with Gasteiger partial charge in [0.05, 0.1) is 0 Å². The maximum absolute atomic E-state index is 13.4. The average Bonchev–Trinajstić information content (AvgIpc) is 3.00. The number of alkyl halides is 3. The van der Waals surface area contributed by atoms with Crippen LogP contribution in [0.5, 0.6) is 0 Å². The van der Waals surface area contributed by atoms with Gasteiger partial charge in [0.2, 0.25) is 5.60 Å². The lowest BCUT2D eigenvalue weighted by Crippen LogP contribution is -2.46. The zero-order valence-corrected chi connectivity index (χ0v) is 14.8. The van der Waals surface area contributed by atoms with E-state index in [0.717, 1.165) is 10.1 Å². The molecule has 8 heteroatoms.